The first-order valence-electron chi connectivity index (χ1n) is 8.06. The zero-order chi connectivity index (χ0) is 19.4. The summed E-state index contributed by atoms with van der Waals surface area (Å²) in [5.41, 5.74) is 1.42. The normalized spacial score (nSPS) is 14.6. The molecule has 0 unspecified atom stereocenters. The molecule has 0 saturated carbocycles. The number of ether oxygens (including phenoxy) is 5. The topological polar surface area (TPSA) is 75.6 Å². The van der Waals surface area contributed by atoms with Gasteiger partial charge in [-0.05, 0) is 30.3 Å². The molecular weight excluding hydrogens is 350 g/mol. The molecular formula is C20H19NO6. The number of hydrogen-bond donors (Lipinski definition) is 0. The third-order valence-corrected chi connectivity index (χ3v) is 3.95. The minimum Gasteiger partial charge on any atom is -0.497 e. The van der Waals surface area contributed by atoms with Gasteiger partial charge >= 0.3 is 5.97 Å². The van der Waals surface area contributed by atoms with Gasteiger partial charge in [0.1, 0.15) is 23.0 Å². The van der Waals surface area contributed by atoms with Crippen molar-refractivity contribution in [3.8, 4) is 23.0 Å². The van der Waals surface area contributed by atoms with Crippen molar-refractivity contribution < 1.29 is 28.5 Å². The fourth-order valence-corrected chi connectivity index (χ4v) is 2.55. The molecule has 140 valence electrons. The van der Waals surface area contributed by atoms with Crippen molar-refractivity contribution >= 4 is 17.9 Å². The number of cyclic esters (lactones) is 1. The number of benzene rings is 2. The molecule has 0 amide bonds. The smallest absolute Gasteiger partial charge is 0.363 e. The number of hydrogen-bond acceptors (Lipinski definition) is 7. The fourth-order valence-electron chi connectivity index (χ4n) is 2.55. The fraction of sp³-hybridized carbons (Fsp3) is 0.200. The van der Waals surface area contributed by atoms with Crippen molar-refractivity contribution in [1.29, 1.82) is 0 Å². The van der Waals surface area contributed by atoms with Gasteiger partial charge in [-0.25, -0.2) is 9.79 Å². The van der Waals surface area contributed by atoms with E-state index in [1.165, 1.54) is 0 Å². The summed E-state index contributed by atoms with van der Waals surface area (Å²) in [7, 11) is 6.20. The van der Waals surface area contributed by atoms with E-state index < -0.39 is 5.97 Å². The van der Waals surface area contributed by atoms with Crippen molar-refractivity contribution in [2.45, 2.75) is 0 Å². The second-order valence-corrected chi connectivity index (χ2v) is 5.55. The van der Waals surface area contributed by atoms with E-state index >= 15 is 0 Å². The number of aliphatic imine (C=N–C) groups is 1. The number of carbonyl (C=O) groups is 1. The van der Waals surface area contributed by atoms with Crippen LogP contribution in [0.2, 0.25) is 0 Å². The van der Waals surface area contributed by atoms with E-state index in [4.69, 9.17) is 23.7 Å². The Kier molecular flexibility index (Phi) is 5.30. The average Bonchev–Trinajstić information content (AvgIpc) is 3.08. The molecule has 0 atom stereocenters. The summed E-state index contributed by atoms with van der Waals surface area (Å²) in [6.45, 7) is 0. The molecule has 0 fully saturated rings. The van der Waals surface area contributed by atoms with Crippen LogP contribution >= 0.6 is 0 Å². The molecule has 2 aromatic rings. The number of carbonyl (C=O) groups excluding carboxylic acids is 1. The quantitative estimate of drug-likeness (QED) is 0.575. The summed E-state index contributed by atoms with van der Waals surface area (Å²) in [5, 5.41) is 0. The molecule has 0 aliphatic carbocycles. The van der Waals surface area contributed by atoms with Gasteiger partial charge in [0.15, 0.2) is 5.70 Å². The third-order valence-electron chi connectivity index (χ3n) is 3.95. The molecule has 0 saturated heterocycles. The van der Waals surface area contributed by atoms with Crippen LogP contribution in [-0.4, -0.2) is 40.3 Å². The van der Waals surface area contributed by atoms with Gasteiger partial charge in [0, 0.05) is 23.3 Å². The summed E-state index contributed by atoms with van der Waals surface area (Å²) in [4.78, 5) is 16.6. The zero-order valence-corrected chi connectivity index (χ0v) is 15.4. The summed E-state index contributed by atoms with van der Waals surface area (Å²) < 4.78 is 26.3. The van der Waals surface area contributed by atoms with E-state index in [2.05, 4.69) is 4.99 Å². The zero-order valence-electron chi connectivity index (χ0n) is 15.4. The molecule has 0 N–H and O–H groups in total. The molecule has 1 aliphatic heterocycles. The Morgan fingerprint density at radius 1 is 0.852 bits per heavy atom. The van der Waals surface area contributed by atoms with Crippen LogP contribution in [0.5, 0.6) is 23.0 Å². The predicted molar refractivity (Wildman–Crippen MR) is 99.7 cm³/mol. The molecule has 0 aromatic heterocycles. The van der Waals surface area contributed by atoms with Gasteiger partial charge < -0.3 is 23.7 Å². The molecule has 2 aromatic carbocycles. The maximum absolute atomic E-state index is 12.3. The lowest BCUT2D eigenvalue weighted by Crippen LogP contribution is -2.06. The van der Waals surface area contributed by atoms with E-state index in [-0.39, 0.29) is 11.6 Å². The van der Waals surface area contributed by atoms with Gasteiger partial charge in [0.05, 0.1) is 28.4 Å². The predicted octanol–water partition coefficient (Wildman–Crippen LogP) is 3.07. The Morgan fingerprint density at radius 2 is 1.52 bits per heavy atom. The SMILES string of the molecule is COc1cc(OC)cc(C2=N/C(=C\c3ccc(OC)cc3OC)C(=O)O2)c1. The van der Waals surface area contributed by atoms with Gasteiger partial charge in [0.25, 0.3) is 0 Å². The summed E-state index contributed by atoms with van der Waals surface area (Å²) >= 11 is 0. The first-order valence-corrected chi connectivity index (χ1v) is 8.06. The van der Waals surface area contributed by atoms with Crippen molar-refractivity contribution in [1.82, 2.24) is 0 Å². The number of methoxy groups -OCH3 is 4. The Labute approximate surface area is 156 Å². The highest BCUT2D eigenvalue weighted by atomic mass is 16.6. The van der Waals surface area contributed by atoms with Crippen molar-refractivity contribution in [2.75, 3.05) is 28.4 Å². The molecule has 1 aliphatic rings. The lowest BCUT2D eigenvalue weighted by atomic mass is 10.1. The highest BCUT2D eigenvalue weighted by molar-refractivity contribution is 6.13. The standard InChI is InChI=1S/C20H19NO6/c1-23-14-6-5-12(18(11-14)26-4)9-17-20(22)27-19(21-17)13-7-15(24-2)10-16(8-13)25-3/h5-11H,1-4H3/b17-9-. The molecule has 1 heterocycles. The summed E-state index contributed by atoms with van der Waals surface area (Å²) in [6, 6.07) is 10.4. The van der Waals surface area contributed by atoms with E-state index in [1.807, 2.05) is 0 Å². The molecule has 7 heteroatoms. The van der Waals surface area contributed by atoms with Crippen molar-refractivity contribution in [3.05, 3.63) is 53.2 Å². The van der Waals surface area contributed by atoms with Crippen LogP contribution in [0.3, 0.4) is 0 Å². The van der Waals surface area contributed by atoms with Crippen LogP contribution in [0.25, 0.3) is 6.08 Å². The first-order chi connectivity index (χ1) is 13.1. The van der Waals surface area contributed by atoms with Crippen LogP contribution in [0.15, 0.2) is 47.1 Å². The van der Waals surface area contributed by atoms with Gasteiger partial charge in [0.2, 0.25) is 5.90 Å². The van der Waals surface area contributed by atoms with Crippen molar-refractivity contribution in [2.24, 2.45) is 4.99 Å². The van der Waals surface area contributed by atoms with Crippen LogP contribution in [0.1, 0.15) is 11.1 Å². The maximum Gasteiger partial charge on any atom is 0.363 e. The van der Waals surface area contributed by atoms with Crippen molar-refractivity contribution in [3.63, 3.8) is 0 Å². The average molecular weight is 369 g/mol. The lowest BCUT2D eigenvalue weighted by Gasteiger charge is -2.07. The van der Waals surface area contributed by atoms with E-state index in [9.17, 15) is 4.79 Å². The number of esters is 1. The van der Waals surface area contributed by atoms with Gasteiger partial charge in [-0.3, -0.25) is 0 Å². The Balaban J connectivity index is 1.98. The van der Waals surface area contributed by atoms with Crippen LogP contribution in [-0.2, 0) is 9.53 Å². The molecule has 0 spiro atoms. The first kappa shape index (κ1) is 18.3. The monoisotopic (exact) mass is 369 g/mol. The Morgan fingerprint density at radius 3 is 2.11 bits per heavy atom. The Bertz CT molecular complexity index is 910. The maximum atomic E-state index is 12.3. The number of nitrogens with zero attached hydrogens (tertiary/aromatic N) is 1. The van der Waals surface area contributed by atoms with Crippen LogP contribution in [0.4, 0.5) is 0 Å². The van der Waals surface area contributed by atoms with Gasteiger partial charge in [-0.15, -0.1) is 0 Å². The second kappa shape index (κ2) is 7.82. The largest absolute Gasteiger partial charge is 0.497 e. The van der Waals surface area contributed by atoms with E-state index in [1.54, 1.807) is 70.9 Å². The van der Waals surface area contributed by atoms with Gasteiger partial charge in [-0.1, -0.05) is 0 Å². The third kappa shape index (κ3) is 3.87. The number of rotatable bonds is 6. The highest BCUT2D eigenvalue weighted by Gasteiger charge is 2.25. The Hall–Kier alpha value is -3.48. The lowest BCUT2D eigenvalue weighted by molar-refractivity contribution is -0.129. The molecule has 3 rings (SSSR count). The van der Waals surface area contributed by atoms with E-state index in [0.29, 0.717) is 34.1 Å². The minimum atomic E-state index is -0.551. The van der Waals surface area contributed by atoms with E-state index in [0.717, 1.165) is 0 Å². The summed E-state index contributed by atoms with van der Waals surface area (Å²) in [5.74, 6) is 1.97. The minimum absolute atomic E-state index is 0.162. The van der Waals surface area contributed by atoms with Crippen LogP contribution < -0.4 is 18.9 Å². The molecule has 0 bridgehead atoms. The molecule has 0 radical (unpaired) electrons. The van der Waals surface area contributed by atoms with Gasteiger partial charge in [-0.2, -0.15) is 0 Å². The summed E-state index contributed by atoms with van der Waals surface area (Å²) in [6.07, 6.45) is 1.60. The molecule has 27 heavy (non-hydrogen) atoms. The highest BCUT2D eigenvalue weighted by Crippen LogP contribution is 2.29. The second-order valence-electron chi connectivity index (χ2n) is 5.55. The molecule has 7 nitrogen and oxygen atoms in total. The van der Waals surface area contributed by atoms with Crippen LogP contribution in [0, 0.1) is 0 Å².